The Hall–Kier alpha value is -2.78. The van der Waals surface area contributed by atoms with Crippen LogP contribution in [0.3, 0.4) is 0 Å². The van der Waals surface area contributed by atoms with Crippen LogP contribution in [0, 0.1) is 10.8 Å². The number of amides is 2. The molecule has 1 aliphatic rings. The lowest BCUT2D eigenvalue weighted by Gasteiger charge is -2.46. The van der Waals surface area contributed by atoms with E-state index in [4.69, 9.17) is 18.9 Å². The average Bonchev–Trinajstić information content (AvgIpc) is 2.65. The van der Waals surface area contributed by atoms with E-state index in [1.54, 1.807) is 0 Å². The van der Waals surface area contributed by atoms with Gasteiger partial charge in [0.15, 0.2) is 0 Å². The van der Waals surface area contributed by atoms with Crippen molar-refractivity contribution >= 4 is 24.1 Å². The molecule has 1 rings (SSSR count). The molecule has 0 heterocycles. The SMILES string of the molecule is C=CC(=O)OCCOC(=O)NC1CC(C)(C)CC(C)(CNC(=O)OCCOC(C)=O)C1. The van der Waals surface area contributed by atoms with Crippen molar-refractivity contribution in [2.45, 2.75) is 53.0 Å². The fraction of sp³-hybridized carbons (Fsp3) is 0.714. The maximum absolute atomic E-state index is 12.1. The van der Waals surface area contributed by atoms with Crippen molar-refractivity contribution in [3.8, 4) is 0 Å². The van der Waals surface area contributed by atoms with E-state index < -0.39 is 24.1 Å². The summed E-state index contributed by atoms with van der Waals surface area (Å²) in [5.41, 5.74) is -0.334. The van der Waals surface area contributed by atoms with Crippen LogP contribution < -0.4 is 10.6 Å². The number of hydrogen-bond acceptors (Lipinski definition) is 8. The van der Waals surface area contributed by atoms with E-state index in [0.717, 1.165) is 18.9 Å². The van der Waals surface area contributed by atoms with Gasteiger partial charge in [0, 0.05) is 25.6 Å². The van der Waals surface area contributed by atoms with Crippen LogP contribution in [0.5, 0.6) is 0 Å². The van der Waals surface area contributed by atoms with Gasteiger partial charge in [0.2, 0.25) is 0 Å². The van der Waals surface area contributed by atoms with E-state index in [0.29, 0.717) is 13.0 Å². The molecule has 1 fully saturated rings. The van der Waals surface area contributed by atoms with Gasteiger partial charge in [-0.1, -0.05) is 27.4 Å². The number of ether oxygens (including phenoxy) is 4. The Morgan fingerprint density at radius 1 is 0.935 bits per heavy atom. The number of hydrogen-bond donors (Lipinski definition) is 2. The van der Waals surface area contributed by atoms with E-state index in [-0.39, 0.29) is 43.3 Å². The van der Waals surface area contributed by atoms with Crippen LogP contribution in [0.1, 0.15) is 47.0 Å². The van der Waals surface area contributed by atoms with Crippen LogP contribution in [0.4, 0.5) is 9.59 Å². The highest BCUT2D eigenvalue weighted by Gasteiger charge is 2.42. The summed E-state index contributed by atoms with van der Waals surface area (Å²) in [7, 11) is 0. The predicted octanol–water partition coefficient (Wildman–Crippen LogP) is 2.32. The largest absolute Gasteiger partial charge is 0.462 e. The van der Waals surface area contributed by atoms with Gasteiger partial charge in [0.05, 0.1) is 0 Å². The molecule has 0 saturated heterocycles. The second-order valence-electron chi connectivity index (χ2n) is 8.74. The maximum Gasteiger partial charge on any atom is 0.407 e. The third-order valence-corrected chi connectivity index (χ3v) is 4.77. The molecule has 2 N–H and O–H groups in total. The minimum atomic E-state index is -0.588. The highest BCUT2D eigenvalue weighted by molar-refractivity contribution is 5.81. The van der Waals surface area contributed by atoms with E-state index in [1.807, 2.05) is 6.92 Å². The molecule has 176 valence electrons. The number of nitrogens with one attached hydrogen (secondary N) is 2. The quantitative estimate of drug-likeness (QED) is 0.228. The summed E-state index contributed by atoms with van der Waals surface area (Å²) >= 11 is 0. The fourth-order valence-corrected chi connectivity index (χ4v) is 4.07. The van der Waals surface area contributed by atoms with Crippen molar-refractivity contribution in [1.82, 2.24) is 10.6 Å². The lowest BCUT2D eigenvalue weighted by Crippen LogP contribution is -2.50. The van der Waals surface area contributed by atoms with Gasteiger partial charge in [-0.15, -0.1) is 0 Å². The average molecular weight is 443 g/mol. The summed E-state index contributed by atoms with van der Waals surface area (Å²) in [6.45, 7) is 11.1. The van der Waals surface area contributed by atoms with E-state index in [2.05, 4.69) is 31.1 Å². The molecule has 0 aromatic carbocycles. The predicted molar refractivity (Wildman–Crippen MR) is 111 cm³/mol. The summed E-state index contributed by atoms with van der Waals surface area (Å²) in [6.07, 6.45) is 2.11. The zero-order valence-electron chi connectivity index (χ0n) is 18.8. The normalized spacial score (nSPS) is 21.9. The Morgan fingerprint density at radius 3 is 2.13 bits per heavy atom. The van der Waals surface area contributed by atoms with Crippen LogP contribution in [0.25, 0.3) is 0 Å². The first-order valence-corrected chi connectivity index (χ1v) is 10.2. The summed E-state index contributed by atoms with van der Waals surface area (Å²) < 4.78 is 19.5. The molecule has 0 aromatic heterocycles. The highest BCUT2D eigenvalue weighted by Crippen LogP contribution is 2.45. The second-order valence-corrected chi connectivity index (χ2v) is 8.74. The van der Waals surface area contributed by atoms with Gasteiger partial charge in [-0.2, -0.15) is 0 Å². The molecule has 2 unspecified atom stereocenters. The van der Waals surface area contributed by atoms with Gasteiger partial charge in [0.1, 0.15) is 26.4 Å². The van der Waals surface area contributed by atoms with Crippen LogP contribution in [-0.2, 0) is 28.5 Å². The van der Waals surface area contributed by atoms with Crippen molar-refractivity contribution in [2.24, 2.45) is 10.8 Å². The number of carbonyl (C=O) groups excluding carboxylic acids is 4. The van der Waals surface area contributed by atoms with Gasteiger partial charge in [-0.3, -0.25) is 4.79 Å². The standard InChI is InChI=1S/C21H34N2O8/c1-6-17(25)29-8-10-31-19(27)23-16-11-20(3,4)13-21(5,12-16)14-22-18(26)30-9-7-28-15(2)24/h6,16H,1,7-14H2,2-5H3,(H,22,26)(H,23,27). The summed E-state index contributed by atoms with van der Waals surface area (Å²) in [5.74, 6) is -1.01. The van der Waals surface area contributed by atoms with E-state index >= 15 is 0 Å². The van der Waals surface area contributed by atoms with Crippen LogP contribution in [-0.4, -0.2) is 63.1 Å². The van der Waals surface area contributed by atoms with Gasteiger partial charge in [0.25, 0.3) is 0 Å². The number of esters is 2. The third kappa shape index (κ3) is 11.3. The van der Waals surface area contributed by atoms with Crippen molar-refractivity contribution in [3.05, 3.63) is 12.7 Å². The molecular weight excluding hydrogens is 408 g/mol. The highest BCUT2D eigenvalue weighted by atomic mass is 16.6. The molecule has 31 heavy (non-hydrogen) atoms. The van der Waals surface area contributed by atoms with E-state index in [9.17, 15) is 19.2 Å². The fourth-order valence-electron chi connectivity index (χ4n) is 4.07. The Morgan fingerprint density at radius 2 is 1.52 bits per heavy atom. The topological polar surface area (TPSA) is 129 Å². The van der Waals surface area contributed by atoms with Crippen molar-refractivity contribution in [2.75, 3.05) is 33.0 Å². The smallest absolute Gasteiger partial charge is 0.407 e. The van der Waals surface area contributed by atoms with Crippen molar-refractivity contribution in [1.29, 1.82) is 0 Å². The Balaban J connectivity index is 2.46. The lowest BCUT2D eigenvalue weighted by atomic mass is 9.62. The minimum Gasteiger partial charge on any atom is -0.462 e. The molecular formula is C21H34N2O8. The molecule has 0 radical (unpaired) electrons. The zero-order chi connectivity index (χ0) is 23.5. The molecule has 0 spiro atoms. The van der Waals surface area contributed by atoms with Crippen LogP contribution >= 0.6 is 0 Å². The third-order valence-electron chi connectivity index (χ3n) is 4.77. The lowest BCUT2D eigenvalue weighted by molar-refractivity contribution is -0.142. The maximum atomic E-state index is 12.1. The number of alkyl carbamates (subject to hydrolysis) is 2. The Kier molecular flexibility index (Phi) is 10.3. The van der Waals surface area contributed by atoms with Crippen molar-refractivity contribution in [3.63, 3.8) is 0 Å². The molecule has 10 heteroatoms. The summed E-state index contributed by atoms with van der Waals surface area (Å²) in [6, 6.07) is -0.140. The molecule has 0 bridgehead atoms. The van der Waals surface area contributed by atoms with Gasteiger partial charge < -0.3 is 29.6 Å². The first-order valence-electron chi connectivity index (χ1n) is 10.2. The Labute approximate surface area is 183 Å². The van der Waals surface area contributed by atoms with E-state index in [1.165, 1.54) is 6.92 Å². The first-order chi connectivity index (χ1) is 14.4. The molecule has 1 aliphatic carbocycles. The van der Waals surface area contributed by atoms with Crippen molar-refractivity contribution < 1.29 is 38.1 Å². The molecule has 10 nitrogen and oxygen atoms in total. The van der Waals surface area contributed by atoms with Crippen LogP contribution in [0.2, 0.25) is 0 Å². The zero-order valence-corrected chi connectivity index (χ0v) is 18.8. The number of carbonyl (C=O) groups is 4. The molecule has 0 aliphatic heterocycles. The van der Waals surface area contributed by atoms with Crippen LogP contribution in [0.15, 0.2) is 12.7 Å². The minimum absolute atomic E-state index is 0.00788. The van der Waals surface area contributed by atoms with Gasteiger partial charge >= 0.3 is 24.1 Å². The Bertz CT molecular complexity index is 664. The summed E-state index contributed by atoms with van der Waals surface area (Å²) in [5, 5.41) is 5.61. The molecule has 2 atom stereocenters. The monoisotopic (exact) mass is 442 g/mol. The van der Waals surface area contributed by atoms with Gasteiger partial charge in [-0.05, 0) is 30.1 Å². The van der Waals surface area contributed by atoms with Gasteiger partial charge in [-0.25, -0.2) is 14.4 Å². The second kappa shape index (κ2) is 12.2. The number of rotatable bonds is 10. The summed E-state index contributed by atoms with van der Waals surface area (Å²) in [4.78, 5) is 45.7. The molecule has 1 saturated carbocycles. The molecule has 2 amide bonds. The first kappa shape index (κ1) is 26.3. The molecule has 0 aromatic rings.